The molecule has 0 bridgehead atoms. The molecule has 0 spiro atoms. The second-order valence-corrected chi connectivity index (χ2v) is 13.9. The van der Waals surface area contributed by atoms with Gasteiger partial charge < -0.3 is 34.3 Å². The third-order valence-electron chi connectivity index (χ3n) is 9.76. The molecule has 12 atom stereocenters. The van der Waals surface area contributed by atoms with E-state index in [9.17, 15) is 20.1 Å². The van der Waals surface area contributed by atoms with Gasteiger partial charge in [-0.05, 0) is 45.1 Å². The summed E-state index contributed by atoms with van der Waals surface area (Å²) in [5, 5.41) is 34.5. The number of esters is 1. The first-order valence-corrected chi connectivity index (χ1v) is 16.2. The van der Waals surface area contributed by atoms with Gasteiger partial charge in [-0.1, -0.05) is 83.9 Å². The summed E-state index contributed by atoms with van der Waals surface area (Å²) >= 11 is 0. The topological polar surface area (TPSA) is 115 Å². The van der Waals surface area contributed by atoms with E-state index in [0.717, 1.165) is 17.6 Å². The number of hydrogen-bond donors (Lipinski definition) is 3. The molecule has 2 aliphatic heterocycles. The van der Waals surface area contributed by atoms with E-state index in [1.807, 2.05) is 65.8 Å². The summed E-state index contributed by atoms with van der Waals surface area (Å²) in [6.45, 7) is 19.3. The number of cyclic esters (lactones) is 1. The zero-order valence-corrected chi connectivity index (χ0v) is 29.1. The number of methoxy groups -OCH3 is 2. The van der Waals surface area contributed by atoms with E-state index < -0.39 is 48.0 Å². The van der Waals surface area contributed by atoms with Crippen LogP contribution >= 0.6 is 0 Å². The first kappa shape index (κ1) is 38.4. The fourth-order valence-corrected chi connectivity index (χ4v) is 6.85. The molecule has 0 aliphatic carbocycles. The molecule has 1 saturated heterocycles. The minimum atomic E-state index is -1.65. The lowest BCUT2D eigenvalue weighted by molar-refractivity contribution is -0.330. The van der Waals surface area contributed by atoms with Crippen molar-refractivity contribution in [2.24, 2.45) is 35.5 Å². The number of ether oxygens (including phenoxy) is 4. The van der Waals surface area contributed by atoms with Gasteiger partial charge in [0.05, 0.1) is 24.4 Å². The molecule has 2 aliphatic rings. The van der Waals surface area contributed by atoms with E-state index in [4.69, 9.17) is 18.9 Å². The van der Waals surface area contributed by atoms with Crippen molar-refractivity contribution in [1.29, 1.82) is 0 Å². The second-order valence-electron chi connectivity index (χ2n) is 13.9. The van der Waals surface area contributed by atoms with E-state index in [-0.39, 0.29) is 42.3 Å². The minimum Gasteiger partial charge on any atom is -0.456 e. The summed E-state index contributed by atoms with van der Waals surface area (Å²) in [5.41, 5.74) is 2.32. The number of rotatable bonds is 7. The quantitative estimate of drug-likeness (QED) is 0.308. The average molecular weight is 621 g/mol. The summed E-state index contributed by atoms with van der Waals surface area (Å²) in [7, 11) is 3.17. The van der Waals surface area contributed by atoms with E-state index in [2.05, 4.69) is 6.92 Å². The zero-order valence-electron chi connectivity index (χ0n) is 29.1. The van der Waals surface area contributed by atoms with Crippen LogP contribution in [0.15, 0.2) is 47.1 Å². The van der Waals surface area contributed by atoms with Crippen LogP contribution in [-0.2, 0) is 23.7 Å². The zero-order chi connectivity index (χ0) is 33.5. The van der Waals surface area contributed by atoms with Crippen LogP contribution in [0, 0.1) is 35.5 Å². The molecule has 44 heavy (non-hydrogen) atoms. The molecule has 0 radical (unpaired) electrons. The molecule has 8 heteroatoms. The van der Waals surface area contributed by atoms with Gasteiger partial charge >= 0.3 is 5.97 Å². The summed E-state index contributed by atoms with van der Waals surface area (Å²) in [6.07, 6.45) is 6.59. The van der Waals surface area contributed by atoms with Gasteiger partial charge in [0.2, 0.25) is 0 Å². The van der Waals surface area contributed by atoms with Crippen molar-refractivity contribution in [3.05, 3.63) is 47.1 Å². The maximum atomic E-state index is 13.4. The number of carbonyl (C=O) groups excluding carboxylic acids is 1. The molecule has 2 heterocycles. The lowest BCUT2D eigenvalue weighted by Crippen LogP contribution is -2.59. The maximum Gasteiger partial charge on any atom is 0.334 e. The smallest absolute Gasteiger partial charge is 0.334 e. The van der Waals surface area contributed by atoms with Crippen LogP contribution in [0.2, 0.25) is 0 Å². The molecule has 2 rings (SSSR count). The van der Waals surface area contributed by atoms with Crippen molar-refractivity contribution >= 4 is 5.97 Å². The molecule has 8 nitrogen and oxygen atoms in total. The number of aliphatic hydroxyl groups is 3. The first-order valence-electron chi connectivity index (χ1n) is 16.2. The van der Waals surface area contributed by atoms with Crippen LogP contribution in [0.3, 0.4) is 0 Å². The summed E-state index contributed by atoms with van der Waals surface area (Å²) < 4.78 is 24.0. The molecular formula is C36H60O8. The predicted molar refractivity (Wildman–Crippen MR) is 174 cm³/mol. The Kier molecular flexibility index (Phi) is 14.5. The van der Waals surface area contributed by atoms with Crippen molar-refractivity contribution in [3.63, 3.8) is 0 Å². The van der Waals surface area contributed by atoms with E-state index in [0.29, 0.717) is 5.57 Å². The highest BCUT2D eigenvalue weighted by atomic mass is 16.6. The molecule has 0 aromatic rings. The third-order valence-corrected chi connectivity index (χ3v) is 9.76. The molecule has 252 valence electrons. The van der Waals surface area contributed by atoms with Crippen LogP contribution in [0.5, 0.6) is 0 Å². The Morgan fingerprint density at radius 3 is 2.23 bits per heavy atom. The van der Waals surface area contributed by atoms with E-state index >= 15 is 0 Å². The summed E-state index contributed by atoms with van der Waals surface area (Å²) in [4.78, 5) is 13.4. The molecule has 0 aromatic heterocycles. The second kappa shape index (κ2) is 16.7. The Hall–Kier alpha value is -1.81. The van der Waals surface area contributed by atoms with Crippen LogP contribution in [0.1, 0.15) is 82.1 Å². The van der Waals surface area contributed by atoms with Crippen LogP contribution in [-0.4, -0.2) is 77.9 Å². The highest BCUT2D eigenvalue weighted by molar-refractivity contribution is 5.88. The largest absolute Gasteiger partial charge is 0.456 e. The molecule has 0 aromatic carbocycles. The average Bonchev–Trinajstić information content (AvgIpc) is 2.96. The van der Waals surface area contributed by atoms with E-state index in [1.165, 1.54) is 7.11 Å². The van der Waals surface area contributed by atoms with Crippen molar-refractivity contribution in [1.82, 2.24) is 0 Å². The Bertz CT molecular complexity index is 1060. The highest BCUT2D eigenvalue weighted by Gasteiger charge is 2.52. The van der Waals surface area contributed by atoms with Crippen molar-refractivity contribution in [3.8, 4) is 0 Å². The van der Waals surface area contributed by atoms with Crippen LogP contribution in [0.25, 0.3) is 0 Å². The normalized spacial score (nSPS) is 37.0. The standard InChI is InChI=1S/C36H60O8/c1-20(2)33-26(8)30(42-12)19-36(40,44-33)28(10)32(38)27(9)34-29(41-11)15-13-14-21(3)16-23(5)31(37)24(6)17-22(4)18-25(7)35(39)43-34/h13-15,17-18,20,23-24,26-34,37-38,40H,16,19H2,1-12H3. The highest BCUT2D eigenvalue weighted by Crippen LogP contribution is 2.42. The number of allylic oxidation sites excluding steroid dienone is 5. The summed E-state index contributed by atoms with van der Waals surface area (Å²) in [6, 6.07) is 0. The van der Waals surface area contributed by atoms with Gasteiger partial charge in [-0.15, -0.1) is 0 Å². The Balaban J connectivity index is 2.50. The SMILES string of the molecule is COC1C=CC=C(C)CC(C)C(O)C(C)C=C(C)C=C(C)C(=O)OC1C(C)C(O)C(C)C1(O)CC(OC)C(C)C(C(C)C)O1. The molecular weight excluding hydrogens is 560 g/mol. The lowest BCUT2D eigenvalue weighted by atomic mass is 9.76. The fraction of sp³-hybridized carbons (Fsp3) is 0.750. The number of aliphatic hydroxyl groups excluding tert-OH is 2. The maximum absolute atomic E-state index is 13.4. The first-order chi connectivity index (χ1) is 20.5. The minimum absolute atomic E-state index is 0.0353. The monoisotopic (exact) mass is 620 g/mol. The van der Waals surface area contributed by atoms with Gasteiger partial charge in [0.25, 0.3) is 0 Å². The van der Waals surface area contributed by atoms with Crippen molar-refractivity contribution in [2.75, 3.05) is 14.2 Å². The predicted octanol–water partition coefficient (Wildman–Crippen LogP) is 5.76. The summed E-state index contributed by atoms with van der Waals surface area (Å²) in [5.74, 6) is -3.43. The van der Waals surface area contributed by atoms with Gasteiger partial charge in [0, 0.05) is 49.9 Å². The Morgan fingerprint density at radius 1 is 1.02 bits per heavy atom. The van der Waals surface area contributed by atoms with E-state index in [1.54, 1.807) is 34.0 Å². The molecule has 1 fully saturated rings. The van der Waals surface area contributed by atoms with Gasteiger partial charge in [0.15, 0.2) is 5.79 Å². The van der Waals surface area contributed by atoms with Gasteiger partial charge in [-0.3, -0.25) is 0 Å². The van der Waals surface area contributed by atoms with Crippen molar-refractivity contribution < 1.29 is 39.1 Å². The lowest BCUT2D eigenvalue weighted by Gasteiger charge is -2.50. The van der Waals surface area contributed by atoms with Crippen LogP contribution in [0.4, 0.5) is 0 Å². The third kappa shape index (κ3) is 9.60. The van der Waals surface area contributed by atoms with Gasteiger partial charge in [0.1, 0.15) is 12.2 Å². The fourth-order valence-electron chi connectivity index (χ4n) is 6.85. The van der Waals surface area contributed by atoms with Crippen LogP contribution < -0.4 is 0 Å². The number of hydrogen-bond acceptors (Lipinski definition) is 8. The Labute approximate surface area is 266 Å². The molecule has 3 N–H and O–H groups in total. The van der Waals surface area contributed by atoms with Gasteiger partial charge in [-0.25, -0.2) is 4.79 Å². The van der Waals surface area contributed by atoms with Crippen molar-refractivity contribution in [2.45, 2.75) is 124 Å². The Morgan fingerprint density at radius 2 is 1.66 bits per heavy atom. The molecule has 0 saturated carbocycles. The number of carbonyl (C=O) groups is 1. The van der Waals surface area contributed by atoms with Gasteiger partial charge in [-0.2, -0.15) is 0 Å². The molecule has 12 unspecified atom stereocenters. The molecule has 0 amide bonds.